The Morgan fingerprint density at radius 3 is 2.86 bits per heavy atom. The van der Waals surface area contributed by atoms with E-state index < -0.39 is 0 Å². The van der Waals surface area contributed by atoms with Crippen LogP contribution in [0.5, 0.6) is 0 Å². The lowest BCUT2D eigenvalue weighted by Gasteiger charge is -2.30. The average Bonchev–Trinajstić information content (AvgIpc) is 3.32. The maximum atomic E-state index is 13.4. The molecule has 1 aliphatic heterocycles. The third-order valence-corrected chi connectivity index (χ3v) is 4.95. The van der Waals surface area contributed by atoms with E-state index in [1.54, 1.807) is 6.07 Å². The minimum absolute atomic E-state index is 0.0468. The van der Waals surface area contributed by atoms with Gasteiger partial charge in [0.15, 0.2) is 0 Å². The van der Waals surface area contributed by atoms with Crippen LogP contribution >= 0.6 is 15.9 Å². The fraction of sp³-hybridized carbons (Fsp3) is 0.562. The van der Waals surface area contributed by atoms with Crippen LogP contribution in [-0.2, 0) is 0 Å². The summed E-state index contributed by atoms with van der Waals surface area (Å²) in [5.41, 5.74) is 0.436. The Morgan fingerprint density at radius 1 is 1.38 bits per heavy atom. The Bertz CT molecular complexity index is 527. The van der Waals surface area contributed by atoms with Crippen LogP contribution in [0.15, 0.2) is 22.7 Å². The van der Waals surface area contributed by atoms with Gasteiger partial charge in [-0.3, -0.25) is 4.79 Å². The highest BCUT2D eigenvalue weighted by molar-refractivity contribution is 9.10. The average molecular weight is 355 g/mol. The molecule has 3 rings (SSSR count). The summed E-state index contributed by atoms with van der Waals surface area (Å²) in [6.45, 7) is 2.82. The second kappa shape index (κ2) is 6.44. The van der Waals surface area contributed by atoms with Gasteiger partial charge >= 0.3 is 0 Å². The van der Waals surface area contributed by atoms with Crippen molar-refractivity contribution in [2.24, 2.45) is 5.92 Å². The molecule has 1 aromatic rings. The molecule has 5 heteroatoms. The van der Waals surface area contributed by atoms with Crippen molar-refractivity contribution in [2.45, 2.75) is 31.7 Å². The fourth-order valence-electron chi connectivity index (χ4n) is 2.96. The Hall–Kier alpha value is -0.940. The number of amides is 1. The van der Waals surface area contributed by atoms with Crippen LogP contribution in [0.4, 0.5) is 4.39 Å². The number of benzene rings is 1. The van der Waals surface area contributed by atoms with Crippen LogP contribution in [0.1, 0.15) is 36.0 Å². The maximum Gasteiger partial charge on any atom is 0.255 e. The second-order valence-electron chi connectivity index (χ2n) is 6.03. The molecule has 1 amide bonds. The van der Waals surface area contributed by atoms with Crippen LogP contribution in [0.2, 0.25) is 0 Å². The van der Waals surface area contributed by atoms with Crippen molar-refractivity contribution in [2.75, 3.05) is 19.6 Å². The van der Waals surface area contributed by atoms with E-state index >= 15 is 0 Å². The van der Waals surface area contributed by atoms with E-state index in [1.807, 2.05) is 4.90 Å². The molecule has 0 radical (unpaired) electrons. The van der Waals surface area contributed by atoms with Gasteiger partial charge < -0.3 is 10.2 Å². The predicted molar refractivity (Wildman–Crippen MR) is 83.8 cm³/mol. The predicted octanol–water partition coefficient (Wildman–Crippen LogP) is 3.19. The van der Waals surface area contributed by atoms with E-state index in [1.165, 1.54) is 18.6 Å². The number of hydrogen-bond donors (Lipinski definition) is 1. The zero-order valence-corrected chi connectivity index (χ0v) is 13.5. The number of carbonyl (C=O) groups excluding carboxylic acids is 1. The lowest BCUT2D eigenvalue weighted by atomic mass is 9.98. The summed E-state index contributed by atoms with van der Waals surface area (Å²) >= 11 is 3.37. The number of halogens is 2. The Labute approximate surface area is 133 Å². The van der Waals surface area contributed by atoms with Gasteiger partial charge in [0.1, 0.15) is 5.82 Å². The van der Waals surface area contributed by atoms with Crippen LogP contribution in [0, 0.1) is 11.7 Å². The summed E-state index contributed by atoms with van der Waals surface area (Å²) in [6.07, 6.45) is 4.46. The first-order valence-corrected chi connectivity index (χ1v) is 8.41. The molecule has 114 valence electrons. The van der Waals surface area contributed by atoms with Gasteiger partial charge in [-0.25, -0.2) is 4.39 Å². The summed E-state index contributed by atoms with van der Waals surface area (Å²) in [6, 6.07) is 4.65. The summed E-state index contributed by atoms with van der Waals surface area (Å²) in [5, 5.41) is 3.39. The SMILES string of the molecule is O=C(c1cc(F)ccc1Br)N(CC1CCCNC1)C1CC1. The summed E-state index contributed by atoms with van der Waals surface area (Å²) in [5.74, 6) is 0.0988. The molecule has 21 heavy (non-hydrogen) atoms. The molecule has 1 N–H and O–H groups in total. The molecular formula is C16H20BrFN2O. The van der Waals surface area contributed by atoms with Gasteiger partial charge in [0.25, 0.3) is 5.91 Å². The van der Waals surface area contributed by atoms with Gasteiger partial charge in [-0.1, -0.05) is 0 Å². The fourth-order valence-corrected chi connectivity index (χ4v) is 3.37. The Morgan fingerprint density at radius 2 is 2.19 bits per heavy atom. The smallest absolute Gasteiger partial charge is 0.255 e. The van der Waals surface area contributed by atoms with Gasteiger partial charge in [0.2, 0.25) is 0 Å². The number of nitrogens with one attached hydrogen (secondary N) is 1. The minimum atomic E-state index is -0.364. The highest BCUT2D eigenvalue weighted by Crippen LogP contribution is 2.31. The number of nitrogens with zero attached hydrogens (tertiary/aromatic N) is 1. The van der Waals surface area contributed by atoms with Gasteiger partial charge in [-0.15, -0.1) is 0 Å². The molecular weight excluding hydrogens is 335 g/mol. The first-order chi connectivity index (χ1) is 10.1. The van der Waals surface area contributed by atoms with Crippen molar-refractivity contribution in [1.29, 1.82) is 0 Å². The molecule has 1 saturated heterocycles. The number of piperidine rings is 1. The van der Waals surface area contributed by atoms with Crippen LogP contribution < -0.4 is 5.32 Å². The lowest BCUT2D eigenvalue weighted by molar-refractivity contribution is 0.0702. The quantitative estimate of drug-likeness (QED) is 0.900. The highest BCUT2D eigenvalue weighted by Gasteiger charge is 2.35. The van der Waals surface area contributed by atoms with E-state index in [0.29, 0.717) is 22.0 Å². The van der Waals surface area contributed by atoms with Crippen molar-refractivity contribution in [1.82, 2.24) is 10.2 Å². The number of carbonyl (C=O) groups is 1. The lowest BCUT2D eigenvalue weighted by Crippen LogP contribution is -2.42. The van der Waals surface area contributed by atoms with E-state index in [9.17, 15) is 9.18 Å². The molecule has 3 nitrogen and oxygen atoms in total. The van der Waals surface area contributed by atoms with Gasteiger partial charge in [-0.05, 0) is 78.8 Å². The molecule has 1 heterocycles. The number of hydrogen-bond acceptors (Lipinski definition) is 2. The summed E-state index contributed by atoms with van der Waals surface area (Å²) in [7, 11) is 0. The maximum absolute atomic E-state index is 13.4. The van der Waals surface area contributed by atoms with Crippen molar-refractivity contribution < 1.29 is 9.18 Å². The first-order valence-electron chi connectivity index (χ1n) is 7.62. The van der Waals surface area contributed by atoms with E-state index in [4.69, 9.17) is 0 Å². The summed E-state index contributed by atoms with van der Waals surface area (Å²) < 4.78 is 14.1. The normalized spacial score (nSPS) is 22.1. The molecule has 1 saturated carbocycles. The van der Waals surface area contributed by atoms with E-state index in [-0.39, 0.29) is 11.7 Å². The van der Waals surface area contributed by atoms with Gasteiger partial charge in [-0.2, -0.15) is 0 Å². The topological polar surface area (TPSA) is 32.3 Å². The van der Waals surface area contributed by atoms with Crippen molar-refractivity contribution >= 4 is 21.8 Å². The van der Waals surface area contributed by atoms with Crippen molar-refractivity contribution in [3.05, 3.63) is 34.1 Å². The molecule has 2 aliphatic rings. The zero-order valence-electron chi connectivity index (χ0n) is 11.9. The van der Waals surface area contributed by atoms with Crippen molar-refractivity contribution in [3.8, 4) is 0 Å². The molecule has 0 bridgehead atoms. The van der Waals surface area contributed by atoms with Gasteiger partial charge in [0.05, 0.1) is 5.56 Å². The third kappa shape index (κ3) is 3.64. The Kier molecular flexibility index (Phi) is 4.60. The van der Waals surface area contributed by atoms with Crippen LogP contribution in [-0.4, -0.2) is 36.5 Å². The van der Waals surface area contributed by atoms with Crippen molar-refractivity contribution in [3.63, 3.8) is 0 Å². The molecule has 1 aliphatic carbocycles. The zero-order chi connectivity index (χ0) is 14.8. The van der Waals surface area contributed by atoms with Gasteiger partial charge in [0, 0.05) is 17.1 Å². The van der Waals surface area contributed by atoms with Crippen LogP contribution in [0.25, 0.3) is 0 Å². The standard InChI is InChI=1S/C16H20BrFN2O/c17-15-6-3-12(18)8-14(15)16(21)20(13-4-5-13)10-11-2-1-7-19-9-11/h3,6,8,11,13,19H,1-2,4-5,7,9-10H2. The third-order valence-electron chi connectivity index (χ3n) is 4.26. The first kappa shape index (κ1) is 15.0. The molecule has 1 atom stereocenters. The highest BCUT2D eigenvalue weighted by atomic mass is 79.9. The second-order valence-corrected chi connectivity index (χ2v) is 6.88. The molecule has 0 spiro atoms. The summed E-state index contributed by atoms with van der Waals surface area (Å²) in [4.78, 5) is 14.7. The van der Waals surface area contributed by atoms with Crippen LogP contribution in [0.3, 0.4) is 0 Å². The Balaban J connectivity index is 1.76. The largest absolute Gasteiger partial charge is 0.335 e. The molecule has 0 aromatic heterocycles. The molecule has 2 fully saturated rings. The van der Waals surface area contributed by atoms with E-state index in [2.05, 4.69) is 21.2 Å². The number of rotatable bonds is 4. The molecule has 1 aromatic carbocycles. The monoisotopic (exact) mass is 354 g/mol. The van der Waals surface area contributed by atoms with E-state index in [0.717, 1.165) is 38.9 Å². The minimum Gasteiger partial charge on any atom is -0.335 e. The molecule has 1 unspecified atom stereocenters.